The van der Waals surface area contributed by atoms with Crippen molar-refractivity contribution in [2.24, 2.45) is 5.92 Å². The maximum Gasteiger partial charge on any atom is 0.416 e. The van der Waals surface area contributed by atoms with Crippen molar-refractivity contribution in [3.63, 3.8) is 0 Å². The molecule has 0 spiro atoms. The molecule has 1 aliphatic rings. The Labute approximate surface area is 196 Å². The number of hydrogen-bond donors (Lipinski definition) is 0. The van der Waals surface area contributed by atoms with Crippen LogP contribution in [0.25, 0.3) is 0 Å². The topological polar surface area (TPSA) is 50.1 Å². The van der Waals surface area contributed by atoms with Gasteiger partial charge in [-0.25, -0.2) is 9.07 Å². The molecule has 1 saturated heterocycles. The molecule has 1 aromatic heterocycles. The van der Waals surface area contributed by atoms with Crippen molar-refractivity contribution in [1.29, 1.82) is 0 Å². The van der Waals surface area contributed by atoms with Crippen LogP contribution in [0.3, 0.4) is 0 Å². The normalized spacial score (nSPS) is 16.3. The van der Waals surface area contributed by atoms with Crippen molar-refractivity contribution in [1.82, 2.24) is 25.1 Å². The second-order valence-corrected chi connectivity index (χ2v) is 8.94. The molecular formula is C24H28F4N6. The average Bonchev–Trinajstić information content (AvgIpc) is 3.27. The van der Waals surface area contributed by atoms with Crippen LogP contribution in [0.5, 0.6) is 0 Å². The molecule has 34 heavy (non-hydrogen) atoms. The lowest BCUT2D eigenvalue weighted by Crippen LogP contribution is -2.48. The van der Waals surface area contributed by atoms with Crippen molar-refractivity contribution in [3.05, 3.63) is 71.3 Å². The van der Waals surface area contributed by atoms with Crippen LogP contribution in [0.1, 0.15) is 43.3 Å². The number of aromatic nitrogens is 4. The molecule has 1 atom stereocenters. The summed E-state index contributed by atoms with van der Waals surface area (Å²) in [5.74, 6) is 0.685. The monoisotopic (exact) mass is 476 g/mol. The van der Waals surface area contributed by atoms with Gasteiger partial charge in [-0.3, -0.25) is 4.90 Å². The largest absolute Gasteiger partial charge is 0.416 e. The Hall–Kier alpha value is -3.01. The summed E-state index contributed by atoms with van der Waals surface area (Å²) in [6, 6.07) is 11.5. The predicted molar refractivity (Wildman–Crippen MR) is 121 cm³/mol. The van der Waals surface area contributed by atoms with Gasteiger partial charge in [-0.05, 0) is 47.0 Å². The first-order chi connectivity index (χ1) is 16.2. The standard InChI is InChI=1S/C24H28F4N6/c1-17(2)10-11-34-23(29-30-31-34)22(20-8-3-4-9-21(20)25)33-14-12-32(13-15-33)19-7-5-6-18(16-19)24(26,27)28/h3-9,16-17,22H,10-15H2,1-2H3/t22-/m1/s1. The third-order valence-electron chi connectivity index (χ3n) is 6.14. The molecule has 2 aromatic carbocycles. The summed E-state index contributed by atoms with van der Waals surface area (Å²) in [6.45, 7) is 6.89. The highest BCUT2D eigenvalue weighted by atomic mass is 19.4. The van der Waals surface area contributed by atoms with Crippen LogP contribution in [0.4, 0.5) is 23.2 Å². The second-order valence-electron chi connectivity index (χ2n) is 8.94. The van der Waals surface area contributed by atoms with Crippen molar-refractivity contribution in [3.8, 4) is 0 Å². The maximum absolute atomic E-state index is 14.9. The summed E-state index contributed by atoms with van der Waals surface area (Å²) in [5, 5.41) is 12.3. The van der Waals surface area contributed by atoms with E-state index in [2.05, 4.69) is 34.3 Å². The molecule has 4 rings (SSSR count). The molecule has 0 amide bonds. The number of rotatable bonds is 7. The van der Waals surface area contributed by atoms with Crippen LogP contribution in [0.15, 0.2) is 48.5 Å². The zero-order valence-electron chi connectivity index (χ0n) is 19.2. The summed E-state index contributed by atoms with van der Waals surface area (Å²) in [6.07, 6.45) is -3.51. The van der Waals surface area contributed by atoms with Crippen LogP contribution in [-0.4, -0.2) is 51.3 Å². The zero-order chi connectivity index (χ0) is 24.3. The number of alkyl halides is 3. The minimum absolute atomic E-state index is 0.341. The molecule has 182 valence electrons. The van der Waals surface area contributed by atoms with Crippen molar-refractivity contribution < 1.29 is 17.6 Å². The SMILES string of the molecule is CC(C)CCn1nnnc1[C@@H](c1ccccc1F)N1CCN(c2cccc(C(F)(F)F)c2)CC1. The minimum Gasteiger partial charge on any atom is -0.369 e. The number of nitrogens with zero attached hydrogens (tertiary/aromatic N) is 6. The van der Waals surface area contributed by atoms with E-state index in [4.69, 9.17) is 0 Å². The number of tetrazole rings is 1. The van der Waals surface area contributed by atoms with E-state index in [1.165, 1.54) is 18.2 Å². The first-order valence-electron chi connectivity index (χ1n) is 11.4. The Bertz CT molecular complexity index is 1090. The fraction of sp³-hybridized carbons (Fsp3) is 0.458. The van der Waals surface area contributed by atoms with E-state index < -0.39 is 17.8 Å². The smallest absolute Gasteiger partial charge is 0.369 e. The van der Waals surface area contributed by atoms with Crippen molar-refractivity contribution >= 4 is 5.69 Å². The van der Waals surface area contributed by atoms with Crippen LogP contribution < -0.4 is 4.90 Å². The van der Waals surface area contributed by atoms with Gasteiger partial charge in [-0.2, -0.15) is 13.2 Å². The third kappa shape index (κ3) is 5.38. The number of aryl methyl sites for hydroxylation is 1. The highest BCUT2D eigenvalue weighted by Gasteiger charge is 2.34. The summed E-state index contributed by atoms with van der Waals surface area (Å²) < 4.78 is 56.1. The molecule has 1 fully saturated rings. The fourth-order valence-corrected chi connectivity index (χ4v) is 4.26. The molecule has 1 aliphatic heterocycles. The Morgan fingerprint density at radius 1 is 0.971 bits per heavy atom. The lowest BCUT2D eigenvalue weighted by atomic mass is 10.0. The Balaban J connectivity index is 1.58. The molecule has 3 aromatic rings. The van der Waals surface area contributed by atoms with Gasteiger partial charge in [0.1, 0.15) is 11.9 Å². The van der Waals surface area contributed by atoms with Gasteiger partial charge in [0.15, 0.2) is 5.82 Å². The number of anilines is 1. The Morgan fingerprint density at radius 3 is 2.38 bits per heavy atom. The van der Waals surface area contributed by atoms with E-state index in [0.29, 0.717) is 55.7 Å². The van der Waals surface area contributed by atoms with Gasteiger partial charge in [0, 0.05) is 44.0 Å². The quantitative estimate of drug-likeness (QED) is 0.459. The lowest BCUT2D eigenvalue weighted by Gasteiger charge is -2.40. The summed E-state index contributed by atoms with van der Waals surface area (Å²) in [7, 11) is 0. The predicted octanol–water partition coefficient (Wildman–Crippen LogP) is 4.79. The van der Waals surface area contributed by atoms with E-state index in [0.717, 1.165) is 12.5 Å². The number of hydrogen-bond acceptors (Lipinski definition) is 5. The highest BCUT2D eigenvalue weighted by Crippen LogP contribution is 2.34. The minimum atomic E-state index is -4.39. The molecule has 6 nitrogen and oxygen atoms in total. The van der Waals surface area contributed by atoms with Crippen LogP contribution in [0, 0.1) is 11.7 Å². The van der Waals surface area contributed by atoms with Crippen LogP contribution in [-0.2, 0) is 12.7 Å². The van der Waals surface area contributed by atoms with Crippen molar-refractivity contribution in [2.45, 2.75) is 39.0 Å². The molecule has 0 bridgehead atoms. The Morgan fingerprint density at radius 2 is 1.71 bits per heavy atom. The van der Waals surface area contributed by atoms with Crippen molar-refractivity contribution in [2.75, 3.05) is 31.1 Å². The zero-order valence-corrected chi connectivity index (χ0v) is 19.2. The molecule has 2 heterocycles. The van der Waals surface area contributed by atoms with E-state index in [9.17, 15) is 17.6 Å². The molecular weight excluding hydrogens is 448 g/mol. The second kappa shape index (κ2) is 10.1. The fourth-order valence-electron chi connectivity index (χ4n) is 4.26. The van der Waals surface area contributed by atoms with Gasteiger partial charge in [-0.1, -0.05) is 38.1 Å². The third-order valence-corrected chi connectivity index (χ3v) is 6.14. The van der Waals surface area contributed by atoms with Crippen LogP contribution in [0.2, 0.25) is 0 Å². The average molecular weight is 477 g/mol. The maximum atomic E-state index is 14.9. The summed E-state index contributed by atoms with van der Waals surface area (Å²) in [4.78, 5) is 4.02. The number of benzene rings is 2. The van der Waals surface area contributed by atoms with Gasteiger partial charge in [-0.15, -0.1) is 5.10 Å². The number of halogens is 4. The Kier molecular flexibility index (Phi) is 7.16. The lowest BCUT2D eigenvalue weighted by molar-refractivity contribution is -0.137. The molecule has 0 aliphatic carbocycles. The van der Waals surface area contributed by atoms with E-state index in [-0.39, 0.29) is 5.82 Å². The van der Waals surface area contributed by atoms with Gasteiger partial charge in [0.2, 0.25) is 0 Å². The van der Waals surface area contributed by atoms with Gasteiger partial charge in [0.05, 0.1) is 5.56 Å². The number of piperazine rings is 1. The molecule has 0 N–H and O–H groups in total. The van der Waals surface area contributed by atoms with E-state index in [1.54, 1.807) is 28.9 Å². The van der Waals surface area contributed by atoms with E-state index >= 15 is 0 Å². The molecule has 0 radical (unpaired) electrons. The molecule has 0 unspecified atom stereocenters. The highest BCUT2D eigenvalue weighted by molar-refractivity contribution is 5.49. The summed E-state index contributed by atoms with van der Waals surface area (Å²) in [5.41, 5.74) is 0.343. The molecule has 10 heteroatoms. The van der Waals surface area contributed by atoms with Gasteiger partial charge < -0.3 is 4.90 Å². The molecule has 0 saturated carbocycles. The first-order valence-corrected chi connectivity index (χ1v) is 11.4. The van der Waals surface area contributed by atoms with Gasteiger partial charge >= 0.3 is 6.18 Å². The first kappa shape index (κ1) is 24.1. The summed E-state index contributed by atoms with van der Waals surface area (Å²) >= 11 is 0. The van der Waals surface area contributed by atoms with Crippen LogP contribution >= 0.6 is 0 Å². The van der Waals surface area contributed by atoms with E-state index in [1.807, 2.05) is 4.90 Å². The van der Waals surface area contributed by atoms with Gasteiger partial charge in [0.25, 0.3) is 0 Å².